The Bertz CT molecular complexity index is 3170. The molecule has 0 saturated heterocycles. The van der Waals surface area contributed by atoms with Crippen LogP contribution < -0.4 is 0 Å². The lowest BCUT2D eigenvalue weighted by atomic mass is 9.70. The summed E-state index contributed by atoms with van der Waals surface area (Å²) in [6.07, 6.45) is 0. The van der Waals surface area contributed by atoms with Gasteiger partial charge in [0, 0.05) is 16.7 Å². The molecule has 3 nitrogen and oxygen atoms in total. The third-order valence-electron chi connectivity index (χ3n) is 11.9. The fourth-order valence-corrected chi connectivity index (χ4v) is 9.63. The Morgan fingerprint density at radius 2 is 0.800 bits per heavy atom. The van der Waals surface area contributed by atoms with Crippen LogP contribution in [0.2, 0.25) is 0 Å². The highest BCUT2D eigenvalue weighted by molar-refractivity contribution is 6.17. The zero-order chi connectivity index (χ0) is 36.1. The van der Waals surface area contributed by atoms with Gasteiger partial charge in [0.15, 0.2) is 17.5 Å². The molecule has 0 fully saturated rings. The number of hydrogen-bond acceptors (Lipinski definition) is 3. The number of nitrogens with zero attached hydrogens (tertiary/aromatic N) is 3. The minimum atomic E-state index is -0.448. The fraction of sp³-hybridized carbons (Fsp3) is 0.0192. The van der Waals surface area contributed by atoms with Crippen LogP contribution in [-0.4, -0.2) is 15.0 Å². The number of rotatable bonds is 3. The van der Waals surface area contributed by atoms with Gasteiger partial charge >= 0.3 is 0 Å². The lowest BCUT2D eigenvalue weighted by Crippen LogP contribution is -2.25. The summed E-state index contributed by atoms with van der Waals surface area (Å²) < 4.78 is 0. The summed E-state index contributed by atoms with van der Waals surface area (Å²) in [5.41, 5.74) is 12.6. The van der Waals surface area contributed by atoms with Crippen molar-refractivity contribution in [1.82, 2.24) is 15.0 Å². The third kappa shape index (κ3) is 4.18. The van der Waals surface area contributed by atoms with Crippen molar-refractivity contribution in [3.63, 3.8) is 0 Å². The van der Waals surface area contributed by atoms with Gasteiger partial charge in [-0.1, -0.05) is 182 Å². The Morgan fingerprint density at radius 1 is 0.291 bits per heavy atom. The van der Waals surface area contributed by atoms with E-state index in [-0.39, 0.29) is 0 Å². The molecule has 1 aromatic heterocycles. The third-order valence-corrected chi connectivity index (χ3v) is 11.9. The van der Waals surface area contributed by atoms with Crippen molar-refractivity contribution in [2.45, 2.75) is 5.41 Å². The summed E-state index contributed by atoms with van der Waals surface area (Å²) in [4.78, 5) is 15.8. The first-order valence-corrected chi connectivity index (χ1v) is 18.9. The Morgan fingerprint density at radius 3 is 1.55 bits per heavy atom. The van der Waals surface area contributed by atoms with Crippen LogP contribution in [0, 0.1) is 0 Å². The number of aromatic nitrogens is 3. The minimum absolute atomic E-state index is 0.448. The first-order chi connectivity index (χ1) is 27.3. The molecule has 0 atom stereocenters. The molecular formula is C52H31N3. The molecule has 1 spiro atoms. The standard InChI is InChI=1S/C52H31N3/c1-2-14-34(15-3-1)49-53-50(35-26-25-33-28-29-37-36-16-5-4-13-32(36)27-30-38(37)43(33)31-35)55-51(54-49)42-20-12-24-47-48(42)41-19-8-11-23-46(41)52(47)44-21-9-6-17-39(44)40-18-7-10-22-45(40)52/h1-31H. The van der Waals surface area contributed by atoms with Crippen molar-refractivity contribution in [2.24, 2.45) is 0 Å². The molecule has 2 aliphatic carbocycles. The maximum absolute atomic E-state index is 5.37. The molecule has 3 heteroatoms. The first-order valence-electron chi connectivity index (χ1n) is 18.9. The number of hydrogen-bond donors (Lipinski definition) is 0. The van der Waals surface area contributed by atoms with Gasteiger partial charge in [-0.2, -0.15) is 0 Å². The predicted molar refractivity (Wildman–Crippen MR) is 225 cm³/mol. The molecule has 0 aliphatic heterocycles. The van der Waals surface area contributed by atoms with E-state index < -0.39 is 5.41 Å². The van der Waals surface area contributed by atoms with Crippen molar-refractivity contribution < 1.29 is 0 Å². The van der Waals surface area contributed by atoms with Gasteiger partial charge in [-0.05, 0) is 82.9 Å². The molecule has 9 aromatic carbocycles. The van der Waals surface area contributed by atoms with E-state index in [1.807, 2.05) is 18.2 Å². The van der Waals surface area contributed by atoms with Crippen LogP contribution in [0.1, 0.15) is 22.3 Å². The monoisotopic (exact) mass is 697 g/mol. The minimum Gasteiger partial charge on any atom is -0.208 e. The molecular weight excluding hydrogens is 667 g/mol. The predicted octanol–water partition coefficient (Wildman–Crippen LogP) is 12.7. The summed E-state index contributed by atoms with van der Waals surface area (Å²) in [5, 5.41) is 7.32. The molecule has 0 N–H and O–H groups in total. The molecule has 12 rings (SSSR count). The maximum atomic E-state index is 5.37. The van der Waals surface area contributed by atoms with Crippen LogP contribution in [0.3, 0.4) is 0 Å². The molecule has 10 aromatic rings. The smallest absolute Gasteiger partial charge is 0.164 e. The van der Waals surface area contributed by atoms with E-state index in [1.54, 1.807) is 0 Å². The van der Waals surface area contributed by atoms with Crippen LogP contribution in [0.4, 0.5) is 0 Å². The highest BCUT2D eigenvalue weighted by atomic mass is 15.0. The average Bonchev–Trinajstić information content (AvgIpc) is 3.74. The molecule has 1 heterocycles. The van der Waals surface area contributed by atoms with E-state index in [4.69, 9.17) is 15.0 Å². The Kier molecular flexibility index (Phi) is 6.26. The molecule has 0 unspecified atom stereocenters. The Balaban J connectivity index is 1.12. The second kappa shape index (κ2) is 11.4. The van der Waals surface area contributed by atoms with Gasteiger partial charge in [0.1, 0.15) is 0 Å². The molecule has 2 aliphatic rings. The Labute approximate surface area is 318 Å². The first kappa shape index (κ1) is 30.3. The molecule has 0 radical (unpaired) electrons. The molecule has 55 heavy (non-hydrogen) atoms. The van der Waals surface area contributed by atoms with Gasteiger partial charge in [-0.25, -0.2) is 15.0 Å². The van der Waals surface area contributed by atoms with Gasteiger partial charge in [0.25, 0.3) is 0 Å². The molecule has 0 saturated carbocycles. The highest BCUT2D eigenvalue weighted by Crippen LogP contribution is 2.63. The summed E-state index contributed by atoms with van der Waals surface area (Å²) in [6, 6.07) is 67.9. The topological polar surface area (TPSA) is 38.7 Å². The van der Waals surface area contributed by atoms with E-state index in [0.717, 1.165) is 16.7 Å². The SMILES string of the molecule is c1ccc(-c2nc(-c3ccc4ccc5c6ccccc6ccc5c4c3)nc(-c3cccc4c3-c3ccccc3C43c4ccccc4-c4ccccc43)n2)cc1. The van der Waals surface area contributed by atoms with Crippen LogP contribution in [0.5, 0.6) is 0 Å². The van der Waals surface area contributed by atoms with Gasteiger partial charge in [0.2, 0.25) is 0 Å². The molecule has 254 valence electrons. The van der Waals surface area contributed by atoms with E-state index in [9.17, 15) is 0 Å². The summed E-state index contributed by atoms with van der Waals surface area (Å²) >= 11 is 0. The van der Waals surface area contributed by atoms with E-state index in [1.165, 1.54) is 76.8 Å². The van der Waals surface area contributed by atoms with Crippen molar-refractivity contribution in [3.8, 4) is 56.4 Å². The lowest BCUT2D eigenvalue weighted by molar-refractivity contribution is 0.794. The quantitative estimate of drug-likeness (QED) is 0.173. The van der Waals surface area contributed by atoms with Crippen molar-refractivity contribution >= 4 is 32.3 Å². The second-order valence-electron chi connectivity index (χ2n) is 14.7. The van der Waals surface area contributed by atoms with Crippen molar-refractivity contribution in [3.05, 3.63) is 210 Å². The highest BCUT2D eigenvalue weighted by Gasteiger charge is 2.52. The van der Waals surface area contributed by atoms with Gasteiger partial charge in [-0.3, -0.25) is 0 Å². The van der Waals surface area contributed by atoms with E-state index >= 15 is 0 Å². The largest absolute Gasteiger partial charge is 0.208 e. The number of fused-ring (bicyclic) bond motifs is 15. The van der Waals surface area contributed by atoms with Crippen LogP contribution >= 0.6 is 0 Å². The van der Waals surface area contributed by atoms with Gasteiger partial charge < -0.3 is 0 Å². The zero-order valence-corrected chi connectivity index (χ0v) is 29.7. The summed E-state index contributed by atoms with van der Waals surface area (Å²) in [5.74, 6) is 1.97. The maximum Gasteiger partial charge on any atom is 0.164 e. The molecule has 0 bridgehead atoms. The van der Waals surface area contributed by atoms with E-state index in [2.05, 4.69) is 170 Å². The summed E-state index contributed by atoms with van der Waals surface area (Å²) in [6.45, 7) is 0. The summed E-state index contributed by atoms with van der Waals surface area (Å²) in [7, 11) is 0. The Hall–Kier alpha value is -7.23. The average molecular weight is 698 g/mol. The van der Waals surface area contributed by atoms with Crippen LogP contribution in [0.15, 0.2) is 188 Å². The van der Waals surface area contributed by atoms with Crippen molar-refractivity contribution in [1.29, 1.82) is 0 Å². The van der Waals surface area contributed by atoms with Crippen LogP contribution in [0.25, 0.3) is 88.7 Å². The second-order valence-corrected chi connectivity index (χ2v) is 14.7. The van der Waals surface area contributed by atoms with Gasteiger partial charge in [0.05, 0.1) is 5.41 Å². The van der Waals surface area contributed by atoms with Crippen LogP contribution in [-0.2, 0) is 5.41 Å². The fourth-order valence-electron chi connectivity index (χ4n) is 9.63. The van der Waals surface area contributed by atoms with E-state index in [0.29, 0.717) is 17.5 Å². The zero-order valence-electron chi connectivity index (χ0n) is 29.7. The molecule has 0 amide bonds. The van der Waals surface area contributed by atoms with Crippen molar-refractivity contribution in [2.75, 3.05) is 0 Å². The lowest BCUT2D eigenvalue weighted by Gasteiger charge is -2.30. The normalized spacial score (nSPS) is 13.2. The number of benzene rings is 9. The van der Waals surface area contributed by atoms with Gasteiger partial charge in [-0.15, -0.1) is 0 Å².